The lowest BCUT2D eigenvalue weighted by Crippen LogP contribution is -2.18. The second kappa shape index (κ2) is 10.4. The molecule has 172 valence electrons. The van der Waals surface area contributed by atoms with Gasteiger partial charge < -0.3 is 5.32 Å². The Balaban J connectivity index is 0.000000408. The van der Waals surface area contributed by atoms with E-state index in [0.717, 1.165) is 51.8 Å². The van der Waals surface area contributed by atoms with Crippen LogP contribution in [0.1, 0.15) is 36.6 Å². The van der Waals surface area contributed by atoms with E-state index in [0.29, 0.717) is 11.6 Å². The highest BCUT2D eigenvalue weighted by molar-refractivity contribution is 6.30. The molecule has 1 N–H and O–H groups in total. The largest absolute Gasteiger partial charge is 0.357 e. The Hall–Kier alpha value is -3.84. The lowest BCUT2D eigenvalue weighted by Gasteiger charge is -2.14. The molecule has 2 aromatic carbocycles. The third-order valence-corrected chi connectivity index (χ3v) is 5.57. The van der Waals surface area contributed by atoms with Crippen LogP contribution in [-0.2, 0) is 11.3 Å². The minimum Gasteiger partial charge on any atom is -0.357 e. The molecule has 8 heteroatoms. The average molecular weight is 473 g/mol. The first-order valence-corrected chi connectivity index (χ1v) is 11.4. The van der Waals surface area contributed by atoms with Gasteiger partial charge in [0, 0.05) is 42.0 Å². The molecule has 2 aromatic heterocycles. The van der Waals surface area contributed by atoms with Gasteiger partial charge in [-0.3, -0.25) is 19.3 Å². The first kappa shape index (κ1) is 23.3. The number of amides is 1. The molecule has 34 heavy (non-hydrogen) atoms. The van der Waals surface area contributed by atoms with Gasteiger partial charge in [0.05, 0.1) is 11.4 Å². The molecule has 0 fully saturated rings. The number of benzene rings is 2. The van der Waals surface area contributed by atoms with Crippen molar-refractivity contribution >= 4 is 23.2 Å². The van der Waals surface area contributed by atoms with Crippen molar-refractivity contribution in [3.8, 4) is 16.8 Å². The molecule has 0 saturated heterocycles. The zero-order chi connectivity index (χ0) is 24.1. The Bertz CT molecular complexity index is 1330. The molecule has 0 spiro atoms. The van der Waals surface area contributed by atoms with Gasteiger partial charge in [-0.15, -0.1) is 10.2 Å². The number of aliphatic imine (C=N–C) groups is 1. The number of aromatic nitrogens is 4. The molecule has 1 aliphatic rings. The normalized spacial score (nSPS) is 11.8. The number of carbonyl (C=O) groups excluding carboxylic acids is 1. The van der Waals surface area contributed by atoms with E-state index in [1.807, 2.05) is 50.2 Å². The van der Waals surface area contributed by atoms with Crippen molar-refractivity contribution in [1.29, 1.82) is 0 Å². The summed E-state index contributed by atoms with van der Waals surface area (Å²) in [6.45, 7) is 6.56. The molecule has 1 amide bonds. The number of rotatable bonds is 3. The third-order valence-electron chi connectivity index (χ3n) is 5.32. The van der Waals surface area contributed by atoms with Crippen LogP contribution >= 0.6 is 11.6 Å². The molecule has 0 aliphatic carbocycles. The molecular formula is C26H25ClN6O. The average Bonchev–Trinajstić information content (AvgIpc) is 3.12. The Morgan fingerprint density at radius 2 is 1.71 bits per heavy atom. The predicted octanol–water partition coefficient (Wildman–Crippen LogP) is 4.78. The lowest BCUT2D eigenvalue weighted by atomic mass is 9.96. The summed E-state index contributed by atoms with van der Waals surface area (Å²) in [6.07, 6.45) is 3.61. The van der Waals surface area contributed by atoms with Gasteiger partial charge in [0.25, 0.3) is 0 Å². The summed E-state index contributed by atoms with van der Waals surface area (Å²) < 4.78 is 2.08. The van der Waals surface area contributed by atoms with Crippen molar-refractivity contribution in [1.82, 2.24) is 25.1 Å². The SMILES string of the molecule is CCNC(C)=O.Cc1nnc2n1-c1ccc(-c3ccncc3)cc1C(c1ccc(Cl)cc1)=NC2. The van der Waals surface area contributed by atoms with Crippen LogP contribution in [0.25, 0.3) is 16.8 Å². The minimum atomic E-state index is 0.0394. The highest BCUT2D eigenvalue weighted by Gasteiger charge is 2.22. The van der Waals surface area contributed by atoms with E-state index in [9.17, 15) is 4.79 Å². The van der Waals surface area contributed by atoms with Crippen LogP contribution in [-0.4, -0.2) is 37.9 Å². The summed E-state index contributed by atoms with van der Waals surface area (Å²) >= 11 is 6.10. The highest BCUT2D eigenvalue weighted by Crippen LogP contribution is 2.30. The first-order valence-electron chi connectivity index (χ1n) is 11.0. The number of fused-ring (bicyclic) bond motifs is 3. The van der Waals surface area contributed by atoms with Crippen molar-refractivity contribution in [2.45, 2.75) is 27.3 Å². The second-order valence-electron chi connectivity index (χ2n) is 7.72. The summed E-state index contributed by atoms with van der Waals surface area (Å²) in [5, 5.41) is 11.8. The quantitative estimate of drug-likeness (QED) is 0.464. The van der Waals surface area contributed by atoms with Crippen LogP contribution in [0.3, 0.4) is 0 Å². The minimum absolute atomic E-state index is 0.0394. The van der Waals surface area contributed by atoms with Crippen molar-refractivity contribution < 1.29 is 4.79 Å². The number of halogens is 1. The van der Waals surface area contributed by atoms with Crippen molar-refractivity contribution in [2.75, 3.05) is 6.54 Å². The zero-order valence-corrected chi connectivity index (χ0v) is 20.0. The van der Waals surface area contributed by atoms with Crippen molar-refractivity contribution in [3.63, 3.8) is 0 Å². The number of nitrogens with one attached hydrogen (secondary N) is 1. The standard InChI is InChI=1S/C22H16ClN5.C4H9NO/c1-14-26-27-21-13-25-22(16-2-5-18(23)6-3-16)19-12-17(4-7-20(19)28(14)21)15-8-10-24-11-9-15;1-3-5-4(2)6/h2-12H,13H2,1H3;3H2,1-2H3,(H,5,6). The van der Waals surface area contributed by atoms with E-state index >= 15 is 0 Å². The smallest absolute Gasteiger partial charge is 0.216 e. The van der Waals surface area contributed by atoms with Crippen LogP contribution in [0, 0.1) is 6.92 Å². The molecule has 0 atom stereocenters. The van der Waals surface area contributed by atoms with E-state index in [2.05, 4.69) is 43.3 Å². The molecule has 0 unspecified atom stereocenters. The number of hydrogen-bond acceptors (Lipinski definition) is 5. The van der Waals surface area contributed by atoms with Gasteiger partial charge in [0.2, 0.25) is 5.91 Å². The molecule has 0 bridgehead atoms. The summed E-state index contributed by atoms with van der Waals surface area (Å²) in [5.41, 5.74) is 6.23. The third kappa shape index (κ3) is 5.05. The first-order chi connectivity index (χ1) is 16.5. The Labute approximate surface area is 203 Å². The van der Waals surface area contributed by atoms with Gasteiger partial charge in [-0.25, -0.2) is 0 Å². The van der Waals surface area contributed by atoms with Crippen LogP contribution in [0.2, 0.25) is 5.02 Å². The van der Waals surface area contributed by atoms with Crippen LogP contribution in [0.15, 0.2) is 72.0 Å². The molecule has 4 aromatic rings. The van der Waals surface area contributed by atoms with E-state index in [-0.39, 0.29) is 5.91 Å². The predicted molar refractivity (Wildman–Crippen MR) is 134 cm³/mol. The molecule has 7 nitrogen and oxygen atoms in total. The van der Waals surface area contributed by atoms with Gasteiger partial charge in [-0.2, -0.15) is 0 Å². The maximum atomic E-state index is 9.93. The lowest BCUT2D eigenvalue weighted by molar-refractivity contribution is -0.118. The maximum Gasteiger partial charge on any atom is 0.216 e. The van der Waals surface area contributed by atoms with Crippen molar-refractivity contribution in [2.24, 2.45) is 4.99 Å². The van der Waals surface area contributed by atoms with Gasteiger partial charge in [0.1, 0.15) is 12.4 Å². The topological polar surface area (TPSA) is 85.1 Å². The summed E-state index contributed by atoms with van der Waals surface area (Å²) in [4.78, 5) is 18.9. The van der Waals surface area contributed by atoms with E-state index in [1.165, 1.54) is 6.92 Å². The van der Waals surface area contributed by atoms with E-state index in [4.69, 9.17) is 16.6 Å². The molecule has 3 heterocycles. The van der Waals surface area contributed by atoms with Gasteiger partial charge in [-0.05, 0) is 61.4 Å². The Morgan fingerprint density at radius 3 is 2.35 bits per heavy atom. The molecule has 5 rings (SSSR count). The fourth-order valence-electron chi connectivity index (χ4n) is 3.81. The Morgan fingerprint density at radius 1 is 1.00 bits per heavy atom. The number of hydrogen-bond donors (Lipinski definition) is 1. The fourth-order valence-corrected chi connectivity index (χ4v) is 3.93. The molecule has 0 saturated carbocycles. The van der Waals surface area contributed by atoms with Crippen LogP contribution < -0.4 is 5.32 Å². The van der Waals surface area contributed by atoms with Crippen LogP contribution in [0.4, 0.5) is 0 Å². The number of aryl methyl sites for hydroxylation is 1. The van der Waals surface area contributed by atoms with Gasteiger partial charge >= 0.3 is 0 Å². The summed E-state index contributed by atoms with van der Waals surface area (Å²) in [5.74, 6) is 1.72. The van der Waals surface area contributed by atoms with Gasteiger partial charge in [0.15, 0.2) is 5.82 Å². The van der Waals surface area contributed by atoms with E-state index < -0.39 is 0 Å². The zero-order valence-electron chi connectivity index (χ0n) is 19.3. The van der Waals surface area contributed by atoms with E-state index in [1.54, 1.807) is 12.4 Å². The highest BCUT2D eigenvalue weighted by atomic mass is 35.5. The monoisotopic (exact) mass is 472 g/mol. The summed E-state index contributed by atoms with van der Waals surface area (Å²) in [7, 11) is 0. The molecule has 1 aliphatic heterocycles. The Kier molecular flexibility index (Phi) is 7.13. The fraction of sp³-hybridized carbons (Fsp3) is 0.192. The van der Waals surface area contributed by atoms with Crippen LogP contribution in [0.5, 0.6) is 0 Å². The summed E-state index contributed by atoms with van der Waals surface area (Å²) in [6, 6.07) is 18.2. The molecule has 0 radical (unpaired) electrons. The van der Waals surface area contributed by atoms with Crippen molar-refractivity contribution in [3.05, 3.63) is 94.8 Å². The number of nitrogens with zero attached hydrogens (tertiary/aromatic N) is 5. The second-order valence-corrected chi connectivity index (χ2v) is 8.16. The molecular weight excluding hydrogens is 448 g/mol. The maximum absolute atomic E-state index is 9.93. The number of pyridine rings is 1. The van der Waals surface area contributed by atoms with Gasteiger partial charge in [-0.1, -0.05) is 29.8 Å². The number of carbonyl (C=O) groups is 1.